The van der Waals surface area contributed by atoms with Gasteiger partial charge in [-0.15, -0.1) is 0 Å². The SMILES string of the molecule is O=C(CCNc1ccc(N2CCNCC2)c(C(F)(F)F)c1)N1CCC(COc2cccc3c2CCCC3)CC1. The number of hydrogen-bond acceptors (Lipinski definition) is 5. The van der Waals surface area contributed by atoms with Gasteiger partial charge in [-0.05, 0) is 79.8 Å². The number of alkyl halides is 3. The first-order chi connectivity index (χ1) is 18.9. The fourth-order valence-electron chi connectivity index (χ4n) is 5.96. The van der Waals surface area contributed by atoms with Gasteiger partial charge < -0.3 is 25.2 Å². The summed E-state index contributed by atoms with van der Waals surface area (Å²) in [6.45, 7) is 4.77. The lowest BCUT2D eigenvalue weighted by Crippen LogP contribution is -2.44. The van der Waals surface area contributed by atoms with Crippen LogP contribution in [0.2, 0.25) is 0 Å². The van der Waals surface area contributed by atoms with Crippen LogP contribution in [0.5, 0.6) is 5.75 Å². The smallest absolute Gasteiger partial charge is 0.418 e. The van der Waals surface area contributed by atoms with E-state index in [4.69, 9.17) is 4.74 Å². The number of amides is 1. The Morgan fingerprint density at radius 1 is 1.03 bits per heavy atom. The molecule has 212 valence electrons. The zero-order chi connectivity index (χ0) is 27.2. The number of rotatable bonds is 8. The van der Waals surface area contributed by atoms with Crippen molar-refractivity contribution in [3.63, 3.8) is 0 Å². The molecule has 2 N–H and O–H groups in total. The highest BCUT2D eigenvalue weighted by molar-refractivity contribution is 5.77. The van der Waals surface area contributed by atoms with Gasteiger partial charge in [0.15, 0.2) is 0 Å². The van der Waals surface area contributed by atoms with E-state index in [2.05, 4.69) is 28.8 Å². The van der Waals surface area contributed by atoms with Gasteiger partial charge in [-0.25, -0.2) is 0 Å². The second-order valence-corrected chi connectivity index (χ2v) is 10.9. The molecule has 0 saturated carbocycles. The number of nitrogens with zero attached hydrogens (tertiary/aromatic N) is 2. The molecule has 1 aliphatic carbocycles. The van der Waals surface area contributed by atoms with Gasteiger partial charge in [-0.1, -0.05) is 12.1 Å². The van der Waals surface area contributed by atoms with Crippen molar-refractivity contribution in [2.75, 3.05) is 62.6 Å². The Bertz CT molecular complexity index is 1130. The highest BCUT2D eigenvalue weighted by atomic mass is 19.4. The molecular formula is C30H39F3N4O2. The predicted molar refractivity (Wildman–Crippen MR) is 148 cm³/mol. The number of ether oxygens (including phenoxy) is 1. The standard InChI is InChI=1S/C30H39F3N4O2/c31-30(32,33)26-20-24(8-9-27(26)36-18-14-34-15-19-36)35-13-10-29(38)37-16-11-22(12-17-37)21-39-28-7-3-5-23-4-1-2-6-25(23)28/h3,5,7-9,20,22,34-35H,1-2,4,6,10-19,21H2. The summed E-state index contributed by atoms with van der Waals surface area (Å²) in [5.41, 5.74) is 2.74. The van der Waals surface area contributed by atoms with Gasteiger partial charge in [-0.3, -0.25) is 4.79 Å². The number of hydrogen-bond donors (Lipinski definition) is 2. The number of anilines is 2. The van der Waals surface area contributed by atoms with E-state index in [-0.39, 0.29) is 18.0 Å². The molecule has 5 rings (SSSR count). The summed E-state index contributed by atoms with van der Waals surface area (Å²) in [6, 6.07) is 10.7. The molecule has 2 heterocycles. The molecule has 0 radical (unpaired) electrons. The predicted octanol–water partition coefficient (Wildman–Crippen LogP) is 5.11. The lowest BCUT2D eigenvalue weighted by molar-refractivity contribution is -0.137. The molecule has 2 saturated heterocycles. The van der Waals surface area contributed by atoms with Crippen molar-refractivity contribution < 1.29 is 22.7 Å². The third-order valence-electron chi connectivity index (χ3n) is 8.22. The van der Waals surface area contributed by atoms with Crippen molar-refractivity contribution in [1.29, 1.82) is 0 Å². The van der Waals surface area contributed by atoms with E-state index in [0.717, 1.165) is 37.5 Å². The minimum atomic E-state index is -4.44. The number of carbonyl (C=O) groups excluding carboxylic acids is 1. The second kappa shape index (κ2) is 12.5. The maximum absolute atomic E-state index is 13.8. The number of piperidine rings is 1. The van der Waals surface area contributed by atoms with Crippen LogP contribution >= 0.6 is 0 Å². The monoisotopic (exact) mass is 544 g/mol. The molecule has 0 spiro atoms. The molecule has 0 bridgehead atoms. The van der Waals surface area contributed by atoms with Crippen LogP contribution in [-0.2, 0) is 23.8 Å². The third-order valence-corrected chi connectivity index (χ3v) is 8.22. The van der Waals surface area contributed by atoms with Crippen LogP contribution in [0.4, 0.5) is 24.5 Å². The summed E-state index contributed by atoms with van der Waals surface area (Å²) in [4.78, 5) is 16.4. The van der Waals surface area contributed by atoms with E-state index in [1.54, 1.807) is 11.0 Å². The lowest BCUT2D eigenvalue weighted by atomic mass is 9.91. The first kappa shape index (κ1) is 27.6. The number of nitrogens with one attached hydrogen (secondary N) is 2. The van der Waals surface area contributed by atoms with Crippen LogP contribution in [0.25, 0.3) is 0 Å². The quantitative estimate of drug-likeness (QED) is 0.484. The van der Waals surface area contributed by atoms with E-state index in [0.29, 0.717) is 64.0 Å². The number of carbonyl (C=O) groups is 1. The van der Waals surface area contributed by atoms with Crippen LogP contribution in [0.15, 0.2) is 36.4 Å². The van der Waals surface area contributed by atoms with Gasteiger partial charge in [0.2, 0.25) is 5.91 Å². The van der Waals surface area contributed by atoms with E-state index >= 15 is 0 Å². The van der Waals surface area contributed by atoms with E-state index in [1.807, 2.05) is 4.90 Å². The van der Waals surface area contributed by atoms with E-state index in [9.17, 15) is 18.0 Å². The van der Waals surface area contributed by atoms with Crippen LogP contribution in [0.1, 0.15) is 48.8 Å². The van der Waals surface area contributed by atoms with Crippen LogP contribution < -0.4 is 20.3 Å². The summed E-state index contributed by atoms with van der Waals surface area (Å²) < 4.78 is 47.6. The molecule has 2 aliphatic heterocycles. The molecule has 2 aromatic rings. The molecule has 9 heteroatoms. The fraction of sp³-hybridized carbons (Fsp3) is 0.567. The molecule has 0 atom stereocenters. The summed E-state index contributed by atoms with van der Waals surface area (Å²) in [7, 11) is 0. The zero-order valence-corrected chi connectivity index (χ0v) is 22.5. The van der Waals surface area contributed by atoms with Gasteiger partial charge in [0, 0.05) is 63.6 Å². The average molecular weight is 545 g/mol. The van der Waals surface area contributed by atoms with Gasteiger partial charge >= 0.3 is 6.18 Å². The molecule has 0 unspecified atom stereocenters. The van der Waals surface area contributed by atoms with Crippen LogP contribution in [-0.4, -0.2) is 63.2 Å². The number of fused-ring (bicyclic) bond motifs is 1. The first-order valence-corrected chi connectivity index (χ1v) is 14.3. The molecule has 3 aliphatic rings. The maximum Gasteiger partial charge on any atom is 0.418 e. The molecule has 2 fully saturated rings. The Kier molecular flexibility index (Phi) is 8.85. The van der Waals surface area contributed by atoms with E-state index in [1.165, 1.54) is 30.0 Å². The number of benzene rings is 2. The van der Waals surface area contributed by atoms with Crippen molar-refractivity contribution in [2.45, 2.75) is 51.1 Å². The first-order valence-electron chi connectivity index (χ1n) is 14.3. The van der Waals surface area contributed by atoms with E-state index < -0.39 is 11.7 Å². The Morgan fingerprint density at radius 3 is 2.56 bits per heavy atom. The molecule has 0 aromatic heterocycles. The third kappa shape index (κ3) is 6.99. The van der Waals surface area contributed by atoms with Crippen molar-refractivity contribution in [1.82, 2.24) is 10.2 Å². The Balaban J connectivity index is 1.07. The molecule has 2 aromatic carbocycles. The molecule has 6 nitrogen and oxygen atoms in total. The van der Waals surface area contributed by atoms with Crippen LogP contribution in [0, 0.1) is 5.92 Å². The summed E-state index contributed by atoms with van der Waals surface area (Å²) in [5, 5.41) is 6.20. The largest absolute Gasteiger partial charge is 0.493 e. The number of halogens is 3. The Hall–Kier alpha value is -2.94. The topological polar surface area (TPSA) is 56.8 Å². The molecule has 1 amide bonds. The Labute approximate surface area is 228 Å². The van der Waals surface area contributed by atoms with Crippen molar-refractivity contribution in [2.24, 2.45) is 5.92 Å². The van der Waals surface area contributed by atoms with Crippen molar-refractivity contribution >= 4 is 17.3 Å². The number of piperazine rings is 1. The summed E-state index contributed by atoms with van der Waals surface area (Å²) in [6.07, 6.45) is 2.29. The lowest BCUT2D eigenvalue weighted by Gasteiger charge is -2.32. The minimum Gasteiger partial charge on any atom is -0.493 e. The normalized spacial score (nSPS) is 18.5. The average Bonchev–Trinajstić information content (AvgIpc) is 2.96. The fourth-order valence-corrected chi connectivity index (χ4v) is 5.96. The van der Waals surface area contributed by atoms with Gasteiger partial charge in [0.1, 0.15) is 5.75 Å². The van der Waals surface area contributed by atoms with Crippen molar-refractivity contribution in [3.05, 3.63) is 53.1 Å². The molecular weight excluding hydrogens is 505 g/mol. The summed E-state index contributed by atoms with van der Waals surface area (Å²) in [5.74, 6) is 1.47. The van der Waals surface area contributed by atoms with Crippen molar-refractivity contribution in [3.8, 4) is 5.75 Å². The molecule has 39 heavy (non-hydrogen) atoms. The number of aryl methyl sites for hydroxylation is 1. The minimum absolute atomic E-state index is 0.0347. The zero-order valence-electron chi connectivity index (χ0n) is 22.5. The van der Waals surface area contributed by atoms with Gasteiger partial charge in [0.05, 0.1) is 12.2 Å². The maximum atomic E-state index is 13.8. The van der Waals surface area contributed by atoms with Gasteiger partial charge in [-0.2, -0.15) is 13.2 Å². The highest BCUT2D eigenvalue weighted by Gasteiger charge is 2.35. The Morgan fingerprint density at radius 2 is 1.79 bits per heavy atom. The highest BCUT2D eigenvalue weighted by Crippen LogP contribution is 2.38. The van der Waals surface area contributed by atoms with Crippen LogP contribution in [0.3, 0.4) is 0 Å². The second-order valence-electron chi connectivity index (χ2n) is 10.9. The number of likely N-dealkylation sites (tertiary alicyclic amines) is 1. The summed E-state index contributed by atoms with van der Waals surface area (Å²) >= 11 is 0. The van der Waals surface area contributed by atoms with Gasteiger partial charge in [0.25, 0.3) is 0 Å².